The van der Waals surface area contributed by atoms with Crippen LogP contribution in [0.4, 0.5) is 5.69 Å². The Labute approximate surface area is 155 Å². The van der Waals surface area contributed by atoms with Crippen LogP contribution < -0.4 is 5.32 Å². The zero-order valence-electron chi connectivity index (χ0n) is 12.9. The largest absolute Gasteiger partial charge is 0.326 e. The summed E-state index contributed by atoms with van der Waals surface area (Å²) >= 11 is 16.0. The van der Waals surface area contributed by atoms with Crippen molar-refractivity contribution in [1.29, 1.82) is 0 Å². The molecule has 0 radical (unpaired) electrons. The molecule has 2 atom stereocenters. The number of amides is 1. The summed E-state index contributed by atoms with van der Waals surface area (Å²) in [7, 11) is 0. The molecule has 0 heterocycles. The molecule has 4 aliphatic rings. The molecule has 0 spiro atoms. The van der Waals surface area contributed by atoms with E-state index in [1.165, 1.54) is 32.1 Å². The summed E-state index contributed by atoms with van der Waals surface area (Å²) in [4.78, 5) is 12.6. The Morgan fingerprint density at radius 2 is 1.87 bits per heavy atom. The van der Waals surface area contributed by atoms with Crippen molar-refractivity contribution in [3.8, 4) is 0 Å². The fourth-order valence-corrected chi connectivity index (χ4v) is 7.47. The smallest absolute Gasteiger partial charge is 0.224 e. The Hall–Kier alpha value is -0.250. The van der Waals surface area contributed by atoms with Crippen LogP contribution in [0.2, 0.25) is 10.0 Å². The van der Waals surface area contributed by atoms with E-state index in [1.54, 1.807) is 18.2 Å². The van der Waals surface area contributed by atoms with Crippen molar-refractivity contribution in [3.63, 3.8) is 0 Å². The van der Waals surface area contributed by atoms with Crippen LogP contribution in [-0.2, 0) is 4.79 Å². The number of hydrogen-bond donors (Lipinski definition) is 1. The number of benzene rings is 1. The van der Waals surface area contributed by atoms with Crippen molar-refractivity contribution in [2.24, 2.45) is 17.3 Å². The van der Waals surface area contributed by atoms with Crippen LogP contribution in [0.1, 0.15) is 44.9 Å². The number of nitrogens with one attached hydrogen (secondary N) is 1. The predicted octanol–water partition coefficient (Wildman–Crippen LogP) is 6.06. The lowest BCUT2D eigenvalue weighted by atomic mass is 9.48. The van der Waals surface area contributed by atoms with E-state index in [1.807, 2.05) is 0 Å². The van der Waals surface area contributed by atoms with E-state index in [2.05, 4.69) is 21.2 Å². The van der Waals surface area contributed by atoms with Crippen LogP contribution in [-0.4, -0.2) is 10.2 Å². The maximum Gasteiger partial charge on any atom is 0.224 e. The fraction of sp³-hybridized carbons (Fsp3) is 0.611. The third-order valence-electron chi connectivity index (χ3n) is 5.85. The van der Waals surface area contributed by atoms with Gasteiger partial charge >= 0.3 is 0 Å². The first-order valence-electron chi connectivity index (χ1n) is 8.29. The van der Waals surface area contributed by atoms with Gasteiger partial charge in [-0.15, -0.1) is 0 Å². The molecule has 23 heavy (non-hydrogen) atoms. The van der Waals surface area contributed by atoms with Crippen LogP contribution in [0.25, 0.3) is 0 Å². The van der Waals surface area contributed by atoms with Gasteiger partial charge < -0.3 is 5.32 Å². The summed E-state index contributed by atoms with van der Waals surface area (Å²) < 4.78 is 0.293. The quantitative estimate of drug-likeness (QED) is 0.596. The third-order valence-corrected chi connectivity index (χ3v) is 7.52. The summed E-state index contributed by atoms with van der Waals surface area (Å²) in [5.74, 6) is 1.70. The number of hydrogen-bond acceptors (Lipinski definition) is 1. The zero-order valence-corrected chi connectivity index (χ0v) is 16.0. The van der Waals surface area contributed by atoms with Crippen molar-refractivity contribution in [3.05, 3.63) is 28.2 Å². The van der Waals surface area contributed by atoms with Crippen molar-refractivity contribution < 1.29 is 4.79 Å². The van der Waals surface area contributed by atoms with Crippen LogP contribution in [0.5, 0.6) is 0 Å². The second-order valence-corrected chi connectivity index (χ2v) is 10.5. The summed E-state index contributed by atoms with van der Waals surface area (Å²) in [6.07, 6.45) is 8.13. The summed E-state index contributed by atoms with van der Waals surface area (Å²) in [6, 6.07) is 5.24. The number of carbonyl (C=O) groups is 1. The molecule has 1 N–H and O–H groups in total. The molecule has 5 heteroatoms. The highest BCUT2D eigenvalue weighted by atomic mass is 79.9. The highest BCUT2D eigenvalue weighted by Crippen LogP contribution is 2.65. The van der Waals surface area contributed by atoms with Crippen LogP contribution in [0.15, 0.2) is 18.2 Å². The Morgan fingerprint density at radius 1 is 1.17 bits per heavy atom. The number of alkyl halides is 1. The lowest BCUT2D eigenvalue weighted by molar-refractivity contribution is -0.123. The van der Waals surface area contributed by atoms with Gasteiger partial charge in [0.25, 0.3) is 0 Å². The molecular formula is C18H20BrCl2NO. The highest BCUT2D eigenvalue weighted by Gasteiger charge is 2.57. The maximum atomic E-state index is 12.6. The van der Waals surface area contributed by atoms with Crippen LogP contribution >= 0.6 is 39.1 Å². The lowest BCUT2D eigenvalue weighted by Gasteiger charge is -2.60. The first kappa shape index (κ1) is 16.2. The minimum atomic E-state index is 0.0986. The molecule has 4 saturated carbocycles. The summed E-state index contributed by atoms with van der Waals surface area (Å²) in [5, 5.41) is 3.98. The van der Waals surface area contributed by atoms with E-state index < -0.39 is 0 Å². The molecule has 1 amide bonds. The summed E-state index contributed by atoms with van der Waals surface area (Å²) in [6.45, 7) is 0. The van der Waals surface area contributed by atoms with Crippen molar-refractivity contribution in [1.82, 2.24) is 0 Å². The van der Waals surface area contributed by atoms with Gasteiger partial charge in [0.1, 0.15) is 0 Å². The molecular weight excluding hydrogens is 397 g/mol. The molecule has 4 bridgehead atoms. The molecule has 0 unspecified atom stereocenters. The van der Waals surface area contributed by atoms with Crippen molar-refractivity contribution in [2.45, 2.75) is 49.3 Å². The van der Waals surface area contributed by atoms with E-state index in [9.17, 15) is 4.79 Å². The average molecular weight is 417 g/mol. The number of carbonyl (C=O) groups excluding carboxylic acids is 1. The van der Waals surface area contributed by atoms with Gasteiger partial charge in [-0.25, -0.2) is 0 Å². The van der Waals surface area contributed by atoms with Crippen LogP contribution in [0.3, 0.4) is 0 Å². The standard InChI is InChI=1S/C18H20BrCl2NO/c19-18-7-11-3-12(8-18)6-17(5-11,10-18)9-16(23)22-13-1-2-14(20)15(21)4-13/h1-2,4,11-12H,3,5-10H2,(H,22,23)/t11-,12-,17?,18?/m1/s1. The molecule has 4 fully saturated rings. The number of anilines is 1. The fourth-order valence-electron chi connectivity index (χ4n) is 5.66. The first-order chi connectivity index (χ1) is 10.8. The Bertz CT molecular complexity index is 648. The van der Waals surface area contributed by atoms with Gasteiger partial charge in [-0.3, -0.25) is 4.79 Å². The van der Waals surface area contributed by atoms with Gasteiger partial charge in [-0.05, 0) is 74.0 Å². The number of halogens is 3. The third kappa shape index (κ3) is 3.17. The molecule has 5 rings (SSSR count). The highest BCUT2D eigenvalue weighted by molar-refractivity contribution is 9.10. The molecule has 0 aromatic heterocycles. The first-order valence-corrected chi connectivity index (χ1v) is 9.84. The minimum Gasteiger partial charge on any atom is -0.326 e. The van der Waals surface area contributed by atoms with Crippen molar-refractivity contribution >= 4 is 50.7 Å². The molecule has 0 saturated heterocycles. The Kier molecular flexibility index (Phi) is 3.98. The average Bonchev–Trinajstić information content (AvgIpc) is 2.39. The van der Waals surface area contributed by atoms with Gasteiger partial charge in [0, 0.05) is 16.4 Å². The lowest BCUT2D eigenvalue weighted by Crippen LogP contribution is -2.53. The van der Waals surface area contributed by atoms with Gasteiger partial charge in [0.05, 0.1) is 10.0 Å². The van der Waals surface area contributed by atoms with Crippen molar-refractivity contribution in [2.75, 3.05) is 5.32 Å². The molecule has 124 valence electrons. The SMILES string of the molecule is O=C(CC12C[C@H]3C[C@@H](CC(Br)(C3)C1)C2)Nc1ccc(Cl)c(Cl)c1. The normalized spacial score (nSPS) is 37.9. The van der Waals surface area contributed by atoms with E-state index in [-0.39, 0.29) is 11.3 Å². The molecule has 1 aromatic carbocycles. The zero-order chi connectivity index (χ0) is 16.2. The van der Waals surface area contributed by atoms with Gasteiger partial charge in [-0.1, -0.05) is 39.1 Å². The molecule has 2 nitrogen and oxygen atoms in total. The Morgan fingerprint density at radius 3 is 2.48 bits per heavy atom. The van der Waals surface area contributed by atoms with Crippen LogP contribution in [0, 0.1) is 17.3 Å². The van der Waals surface area contributed by atoms with E-state index in [0.29, 0.717) is 20.8 Å². The number of rotatable bonds is 3. The van der Waals surface area contributed by atoms with E-state index >= 15 is 0 Å². The molecule has 0 aliphatic heterocycles. The van der Waals surface area contributed by atoms with E-state index in [4.69, 9.17) is 23.2 Å². The van der Waals surface area contributed by atoms with Gasteiger partial charge in [0.2, 0.25) is 5.91 Å². The maximum absolute atomic E-state index is 12.6. The van der Waals surface area contributed by atoms with Gasteiger partial charge in [-0.2, -0.15) is 0 Å². The monoisotopic (exact) mass is 415 g/mol. The topological polar surface area (TPSA) is 29.1 Å². The Balaban J connectivity index is 1.47. The second-order valence-electron chi connectivity index (χ2n) is 7.97. The van der Waals surface area contributed by atoms with Gasteiger partial charge in [0.15, 0.2) is 0 Å². The summed E-state index contributed by atoms with van der Waals surface area (Å²) in [5.41, 5.74) is 0.913. The second kappa shape index (κ2) is 5.64. The molecule has 4 aliphatic carbocycles. The molecule has 1 aromatic rings. The predicted molar refractivity (Wildman–Crippen MR) is 98.5 cm³/mol. The minimum absolute atomic E-state index is 0.0986. The van der Waals surface area contributed by atoms with E-state index in [0.717, 1.165) is 23.9 Å².